The van der Waals surface area contributed by atoms with Crippen molar-refractivity contribution >= 4 is 11.8 Å². The first-order valence-corrected chi connectivity index (χ1v) is 5.33. The zero-order valence-corrected chi connectivity index (χ0v) is 9.77. The number of hydrogen-bond acceptors (Lipinski definition) is 4. The first-order chi connectivity index (χ1) is 8.13. The maximum absolute atomic E-state index is 11.3. The fraction of sp³-hybridized carbons (Fsp3) is 0.500. The smallest absolute Gasteiger partial charge is 0.239 e. The Hall–Kier alpha value is -1.89. The Bertz CT molecular complexity index is 388. The van der Waals surface area contributed by atoms with Crippen molar-refractivity contribution in [1.29, 1.82) is 0 Å². The van der Waals surface area contributed by atoms with E-state index >= 15 is 0 Å². The summed E-state index contributed by atoms with van der Waals surface area (Å²) in [6, 6.07) is 0. The molecule has 4 N–H and O–H groups in total. The zero-order valence-electron chi connectivity index (χ0n) is 9.77. The third-order valence-corrected chi connectivity index (χ3v) is 2.22. The minimum atomic E-state index is -0.343. The molecule has 0 unspecified atom stereocenters. The molecular formula is C10H17N5O2. The van der Waals surface area contributed by atoms with Gasteiger partial charge >= 0.3 is 0 Å². The van der Waals surface area contributed by atoms with Crippen molar-refractivity contribution in [3.8, 4) is 0 Å². The van der Waals surface area contributed by atoms with Crippen LogP contribution in [0.2, 0.25) is 0 Å². The Balaban J connectivity index is 2.16. The molecule has 0 aliphatic carbocycles. The van der Waals surface area contributed by atoms with E-state index in [4.69, 9.17) is 5.73 Å². The Morgan fingerprint density at radius 1 is 1.41 bits per heavy atom. The molecule has 1 aromatic rings. The normalized spacial score (nSPS) is 10.0. The summed E-state index contributed by atoms with van der Waals surface area (Å²) in [4.78, 5) is 26.2. The van der Waals surface area contributed by atoms with Crippen molar-refractivity contribution in [2.45, 2.75) is 6.42 Å². The fourth-order valence-electron chi connectivity index (χ4n) is 1.26. The van der Waals surface area contributed by atoms with E-state index in [0.29, 0.717) is 13.0 Å². The predicted octanol–water partition coefficient (Wildman–Crippen LogP) is -1.85. The monoisotopic (exact) mass is 239 g/mol. The van der Waals surface area contributed by atoms with Gasteiger partial charge in [0.05, 0.1) is 13.1 Å². The first-order valence-electron chi connectivity index (χ1n) is 5.33. The zero-order chi connectivity index (χ0) is 12.7. The number of imidazole rings is 1. The van der Waals surface area contributed by atoms with Crippen LogP contribution >= 0.6 is 0 Å². The highest BCUT2D eigenvalue weighted by Crippen LogP contribution is 1.93. The van der Waals surface area contributed by atoms with Gasteiger partial charge in [-0.05, 0) is 0 Å². The molecule has 0 aliphatic rings. The van der Waals surface area contributed by atoms with Crippen molar-refractivity contribution in [2.75, 3.05) is 19.6 Å². The van der Waals surface area contributed by atoms with Crippen molar-refractivity contribution in [3.05, 3.63) is 18.2 Å². The van der Waals surface area contributed by atoms with Crippen molar-refractivity contribution in [1.82, 2.24) is 20.2 Å². The highest BCUT2D eigenvalue weighted by Gasteiger charge is 2.04. The summed E-state index contributed by atoms with van der Waals surface area (Å²) in [5.74, 6) is 0.321. The van der Waals surface area contributed by atoms with Crippen LogP contribution < -0.4 is 16.4 Å². The number of nitrogens with two attached hydrogens (primary N) is 1. The molecule has 0 saturated heterocycles. The van der Waals surface area contributed by atoms with Crippen molar-refractivity contribution in [2.24, 2.45) is 12.8 Å². The van der Waals surface area contributed by atoms with Gasteiger partial charge in [-0.2, -0.15) is 0 Å². The van der Waals surface area contributed by atoms with Crippen LogP contribution in [0.1, 0.15) is 5.82 Å². The number of aromatic nitrogens is 2. The molecule has 0 fully saturated rings. The summed E-state index contributed by atoms with van der Waals surface area (Å²) in [5.41, 5.74) is 5.08. The lowest BCUT2D eigenvalue weighted by atomic mass is 10.4. The predicted molar refractivity (Wildman–Crippen MR) is 62.0 cm³/mol. The van der Waals surface area contributed by atoms with Gasteiger partial charge in [0.1, 0.15) is 5.82 Å². The number of carbonyl (C=O) groups is 2. The molecule has 0 radical (unpaired) electrons. The number of nitrogens with zero attached hydrogens (tertiary/aromatic N) is 2. The van der Waals surface area contributed by atoms with Gasteiger partial charge in [0.2, 0.25) is 11.8 Å². The number of carbonyl (C=O) groups excluding carboxylic acids is 2. The standard InChI is InChI=1S/C10H17N5O2/c1-15-5-4-12-8(15)2-3-13-10(17)7-14-9(16)6-11/h4-5H,2-3,6-7,11H2,1H3,(H,13,17)(H,14,16). The molecule has 0 saturated carbocycles. The second-order valence-electron chi connectivity index (χ2n) is 3.54. The maximum Gasteiger partial charge on any atom is 0.239 e. The van der Waals surface area contributed by atoms with Crippen LogP contribution in [-0.4, -0.2) is 41.0 Å². The lowest BCUT2D eigenvalue weighted by molar-refractivity contribution is -0.125. The number of amides is 2. The molecule has 7 heteroatoms. The molecule has 0 spiro atoms. The van der Waals surface area contributed by atoms with Gasteiger partial charge in [0, 0.05) is 32.4 Å². The Kier molecular flexibility index (Phi) is 5.15. The van der Waals surface area contributed by atoms with Gasteiger partial charge in [-0.15, -0.1) is 0 Å². The molecular weight excluding hydrogens is 222 g/mol. The summed E-state index contributed by atoms with van der Waals surface area (Å²) in [7, 11) is 1.89. The van der Waals surface area contributed by atoms with E-state index in [1.165, 1.54) is 0 Å². The molecule has 7 nitrogen and oxygen atoms in total. The van der Waals surface area contributed by atoms with Gasteiger partial charge < -0.3 is 20.9 Å². The average Bonchev–Trinajstić information content (AvgIpc) is 2.72. The van der Waals surface area contributed by atoms with E-state index in [-0.39, 0.29) is 24.9 Å². The third kappa shape index (κ3) is 4.64. The fourth-order valence-corrected chi connectivity index (χ4v) is 1.26. The van der Waals surface area contributed by atoms with Crippen LogP contribution in [0.25, 0.3) is 0 Å². The van der Waals surface area contributed by atoms with E-state index in [1.807, 2.05) is 17.8 Å². The van der Waals surface area contributed by atoms with E-state index in [1.54, 1.807) is 6.20 Å². The third-order valence-electron chi connectivity index (χ3n) is 2.22. The van der Waals surface area contributed by atoms with E-state index in [0.717, 1.165) is 5.82 Å². The SMILES string of the molecule is Cn1ccnc1CCNC(=O)CNC(=O)CN. The summed E-state index contributed by atoms with van der Waals surface area (Å²) >= 11 is 0. The summed E-state index contributed by atoms with van der Waals surface area (Å²) in [5, 5.41) is 5.07. The Labute approximate surface area is 99.4 Å². The number of nitrogens with one attached hydrogen (secondary N) is 2. The van der Waals surface area contributed by atoms with Crippen LogP contribution in [0.3, 0.4) is 0 Å². The van der Waals surface area contributed by atoms with Gasteiger partial charge in [-0.25, -0.2) is 4.98 Å². The topological polar surface area (TPSA) is 102 Å². The molecule has 1 aromatic heterocycles. The molecule has 0 aromatic carbocycles. The van der Waals surface area contributed by atoms with Gasteiger partial charge in [-0.1, -0.05) is 0 Å². The van der Waals surface area contributed by atoms with Gasteiger partial charge in [0.25, 0.3) is 0 Å². The first kappa shape index (κ1) is 13.2. The molecule has 0 atom stereocenters. The molecule has 1 heterocycles. The van der Waals surface area contributed by atoms with Crippen LogP contribution in [-0.2, 0) is 23.1 Å². The molecule has 1 rings (SSSR count). The van der Waals surface area contributed by atoms with E-state index < -0.39 is 0 Å². The Morgan fingerprint density at radius 3 is 2.76 bits per heavy atom. The number of rotatable bonds is 6. The highest BCUT2D eigenvalue weighted by atomic mass is 16.2. The molecule has 17 heavy (non-hydrogen) atoms. The molecule has 94 valence electrons. The van der Waals surface area contributed by atoms with E-state index in [2.05, 4.69) is 15.6 Å². The van der Waals surface area contributed by atoms with Gasteiger partial charge in [0.15, 0.2) is 0 Å². The highest BCUT2D eigenvalue weighted by molar-refractivity contribution is 5.85. The summed E-state index contributed by atoms with van der Waals surface area (Å²) in [6.07, 6.45) is 4.21. The average molecular weight is 239 g/mol. The minimum Gasteiger partial charge on any atom is -0.354 e. The second kappa shape index (κ2) is 6.64. The van der Waals surface area contributed by atoms with Crippen LogP contribution in [0.4, 0.5) is 0 Å². The lowest BCUT2D eigenvalue weighted by Crippen LogP contribution is -2.40. The number of hydrogen-bond donors (Lipinski definition) is 3. The molecule has 0 aliphatic heterocycles. The quantitative estimate of drug-likeness (QED) is 0.542. The van der Waals surface area contributed by atoms with Crippen LogP contribution in [0.5, 0.6) is 0 Å². The minimum absolute atomic E-state index is 0.0450. The van der Waals surface area contributed by atoms with Crippen molar-refractivity contribution < 1.29 is 9.59 Å². The van der Waals surface area contributed by atoms with Crippen LogP contribution in [0.15, 0.2) is 12.4 Å². The molecule has 0 bridgehead atoms. The summed E-state index contributed by atoms with van der Waals surface area (Å²) < 4.78 is 1.89. The largest absolute Gasteiger partial charge is 0.354 e. The van der Waals surface area contributed by atoms with Crippen molar-refractivity contribution in [3.63, 3.8) is 0 Å². The lowest BCUT2D eigenvalue weighted by Gasteiger charge is -2.06. The van der Waals surface area contributed by atoms with Gasteiger partial charge in [-0.3, -0.25) is 9.59 Å². The van der Waals surface area contributed by atoms with E-state index in [9.17, 15) is 9.59 Å². The summed E-state index contributed by atoms with van der Waals surface area (Å²) in [6.45, 7) is 0.333. The van der Waals surface area contributed by atoms with Crippen LogP contribution in [0, 0.1) is 0 Å². The molecule has 2 amide bonds. The number of aryl methyl sites for hydroxylation is 1. The second-order valence-corrected chi connectivity index (χ2v) is 3.54. The Morgan fingerprint density at radius 2 is 2.18 bits per heavy atom. The maximum atomic E-state index is 11.3.